The molecule has 3 fully saturated rings. The molecule has 0 aliphatic heterocycles. The van der Waals surface area contributed by atoms with Gasteiger partial charge in [0, 0.05) is 16.7 Å². The number of Topliss-reactive ketones (excluding diaryl/α,β-unsaturated/α-hetero) is 1. The zero-order chi connectivity index (χ0) is 20.6. The van der Waals surface area contributed by atoms with E-state index in [0.29, 0.717) is 12.0 Å². The highest BCUT2D eigenvalue weighted by Crippen LogP contribution is 2.68. The highest BCUT2D eigenvalue weighted by molar-refractivity contribution is 6.02. The van der Waals surface area contributed by atoms with E-state index in [4.69, 9.17) is 0 Å². The molecule has 4 rings (SSSR count). The van der Waals surface area contributed by atoms with Crippen molar-refractivity contribution in [1.29, 1.82) is 0 Å². The Hall–Kier alpha value is -1.37. The SMILES string of the molecule is CC1=CC(=O)C=C2C(F)C[C@@H]3[C@H](C(O)C[C@@]4(C)[C@H]3CC[C@]4(O)C(=O)CO)[C@@]12C. The highest BCUT2D eigenvalue weighted by Gasteiger charge is 2.69. The third-order valence-electron chi connectivity index (χ3n) is 8.77. The zero-order valence-electron chi connectivity index (χ0n) is 16.6. The normalized spacial score (nSPS) is 50.2. The monoisotopic (exact) mass is 392 g/mol. The minimum absolute atomic E-state index is 0.136. The lowest BCUT2D eigenvalue weighted by Crippen LogP contribution is -2.63. The van der Waals surface area contributed by atoms with E-state index in [-0.39, 0.29) is 42.8 Å². The fourth-order valence-corrected chi connectivity index (χ4v) is 7.26. The van der Waals surface area contributed by atoms with Crippen LogP contribution in [0.2, 0.25) is 0 Å². The average molecular weight is 392 g/mol. The molecule has 0 aromatic rings. The van der Waals surface area contributed by atoms with Crippen LogP contribution in [0.1, 0.15) is 46.5 Å². The molecule has 0 amide bonds. The summed E-state index contributed by atoms with van der Waals surface area (Å²) in [5.41, 5.74) is -2.16. The van der Waals surface area contributed by atoms with Crippen LogP contribution in [-0.4, -0.2) is 51.4 Å². The first-order chi connectivity index (χ1) is 13.0. The van der Waals surface area contributed by atoms with Crippen LogP contribution in [0.4, 0.5) is 4.39 Å². The summed E-state index contributed by atoms with van der Waals surface area (Å²) in [6.07, 6.45) is 1.92. The van der Waals surface area contributed by atoms with Gasteiger partial charge in [0.15, 0.2) is 11.6 Å². The van der Waals surface area contributed by atoms with E-state index in [1.54, 1.807) is 6.92 Å². The molecular weight excluding hydrogens is 363 g/mol. The van der Waals surface area contributed by atoms with Gasteiger partial charge in [0.1, 0.15) is 18.4 Å². The molecule has 6 heteroatoms. The van der Waals surface area contributed by atoms with Crippen molar-refractivity contribution in [2.75, 3.05) is 6.61 Å². The smallest absolute Gasteiger partial charge is 0.190 e. The van der Waals surface area contributed by atoms with E-state index in [1.165, 1.54) is 12.2 Å². The van der Waals surface area contributed by atoms with Crippen LogP contribution in [0.15, 0.2) is 23.3 Å². The lowest BCUT2D eigenvalue weighted by molar-refractivity contribution is -0.181. The van der Waals surface area contributed by atoms with Crippen LogP contribution < -0.4 is 0 Å². The quantitative estimate of drug-likeness (QED) is 0.667. The molecule has 3 N–H and O–H groups in total. The van der Waals surface area contributed by atoms with E-state index in [1.807, 2.05) is 13.8 Å². The third-order valence-corrected chi connectivity index (χ3v) is 8.77. The standard InChI is InChI=1S/C22H29FO5/c1-11-6-12(25)7-15-16(23)8-13-14-4-5-22(28,18(27)10-24)20(14,2)9-17(26)19(13)21(11,15)3/h6-7,13-14,16-17,19,24,26,28H,4-5,8-10H2,1-3H3/t13-,14-,16?,17?,19+,20-,21-,22-/m0/s1. The Labute approximate surface area is 164 Å². The molecule has 0 aromatic heterocycles. The Morgan fingerprint density at radius 3 is 2.64 bits per heavy atom. The van der Waals surface area contributed by atoms with Crippen LogP contribution in [0, 0.1) is 28.6 Å². The predicted molar refractivity (Wildman–Crippen MR) is 99.9 cm³/mol. The Balaban J connectivity index is 1.81. The number of carbonyl (C=O) groups is 2. The van der Waals surface area contributed by atoms with Crippen molar-refractivity contribution >= 4 is 11.6 Å². The zero-order valence-corrected chi connectivity index (χ0v) is 16.6. The van der Waals surface area contributed by atoms with Gasteiger partial charge in [0.05, 0.1) is 6.10 Å². The lowest BCUT2D eigenvalue weighted by Gasteiger charge is -2.61. The molecule has 8 atom stereocenters. The first-order valence-corrected chi connectivity index (χ1v) is 10.1. The van der Waals surface area contributed by atoms with Crippen molar-refractivity contribution in [3.05, 3.63) is 23.3 Å². The minimum atomic E-state index is -1.70. The maximum Gasteiger partial charge on any atom is 0.190 e. The second kappa shape index (κ2) is 6.07. The number of aliphatic hydroxyl groups is 3. The molecule has 2 unspecified atom stereocenters. The number of allylic oxidation sites excluding steroid dienone is 4. The molecule has 0 saturated heterocycles. The number of carbonyl (C=O) groups excluding carboxylic acids is 2. The molecule has 0 bridgehead atoms. The second-order valence-electron chi connectivity index (χ2n) is 9.70. The first-order valence-electron chi connectivity index (χ1n) is 10.1. The predicted octanol–water partition coefficient (Wildman–Crippen LogP) is 1.90. The van der Waals surface area contributed by atoms with Crippen LogP contribution in [0.25, 0.3) is 0 Å². The van der Waals surface area contributed by atoms with E-state index in [2.05, 4.69) is 0 Å². The van der Waals surface area contributed by atoms with Gasteiger partial charge in [-0.1, -0.05) is 19.4 Å². The molecule has 0 radical (unpaired) electrons. The van der Waals surface area contributed by atoms with Crippen molar-refractivity contribution in [2.24, 2.45) is 28.6 Å². The summed E-state index contributed by atoms with van der Waals surface area (Å²) in [6, 6.07) is 0. The summed E-state index contributed by atoms with van der Waals surface area (Å²) in [7, 11) is 0. The van der Waals surface area contributed by atoms with E-state index in [9.17, 15) is 24.9 Å². The summed E-state index contributed by atoms with van der Waals surface area (Å²) >= 11 is 0. The number of hydrogen-bond acceptors (Lipinski definition) is 5. The van der Waals surface area contributed by atoms with Crippen LogP contribution in [0.3, 0.4) is 0 Å². The number of ketones is 2. The minimum Gasteiger partial charge on any atom is -0.393 e. The van der Waals surface area contributed by atoms with Gasteiger partial charge < -0.3 is 15.3 Å². The number of aliphatic hydroxyl groups excluding tert-OH is 2. The topological polar surface area (TPSA) is 94.8 Å². The number of fused-ring (bicyclic) bond motifs is 5. The highest BCUT2D eigenvalue weighted by atomic mass is 19.1. The largest absolute Gasteiger partial charge is 0.393 e. The van der Waals surface area contributed by atoms with Crippen molar-refractivity contribution in [1.82, 2.24) is 0 Å². The van der Waals surface area contributed by atoms with Crippen molar-refractivity contribution in [3.8, 4) is 0 Å². The van der Waals surface area contributed by atoms with Crippen LogP contribution in [-0.2, 0) is 9.59 Å². The average Bonchev–Trinajstić information content (AvgIpc) is 2.88. The van der Waals surface area contributed by atoms with Gasteiger partial charge in [0.2, 0.25) is 0 Å². The van der Waals surface area contributed by atoms with Crippen LogP contribution in [0.5, 0.6) is 0 Å². The Morgan fingerprint density at radius 2 is 2.00 bits per heavy atom. The molecular formula is C22H29FO5. The van der Waals surface area contributed by atoms with Gasteiger partial charge in [-0.15, -0.1) is 0 Å². The number of halogens is 1. The molecule has 4 aliphatic rings. The molecule has 3 saturated carbocycles. The van der Waals surface area contributed by atoms with Gasteiger partial charge in [-0.3, -0.25) is 9.59 Å². The summed E-state index contributed by atoms with van der Waals surface area (Å²) in [4.78, 5) is 24.4. The Kier molecular flexibility index (Phi) is 4.32. The maximum absolute atomic E-state index is 15.3. The van der Waals surface area contributed by atoms with Crippen LogP contribution >= 0.6 is 0 Å². The molecule has 0 heterocycles. The fraction of sp³-hybridized carbons (Fsp3) is 0.727. The molecule has 5 nitrogen and oxygen atoms in total. The van der Waals surface area contributed by atoms with Gasteiger partial charge >= 0.3 is 0 Å². The van der Waals surface area contributed by atoms with Gasteiger partial charge in [-0.05, 0) is 62.2 Å². The molecule has 0 aromatic carbocycles. The summed E-state index contributed by atoms with van der Waals surface area (Å²) < 4.78 is 15.3. The van der Waals surface area contributed by atoms with Gasteiger partial charge in [-0.25, -0.2) is 4.39 Å². The summed E-state index contributed by atoms with van der Waals surface area (Å²) in [5, 5.41) is 31.8. The molecule has 28 heavy (non-hydrogen) atoms. The van der Waals surface area contributed by atoms with E-state index < -0.39 is 41.1 Å². The van der Waals surface area contributed by atoms with Crippen molar-refractivity contribution < 1.29 is 29.3 Å². The van der Waals surface area contributed by atoms with Crippen molar-refractivity contribution in [3.63, 3.8) is 0 Å². The third kappa shape index (κ3) is 2.22. The Bertz CT molecular complexity index is 803. The fourth-order valence-electron chi connectivity index (χ4n) is 7.26. The summed E-state index contributed by atoms with van der Waals surface area (Å²) in [5.74, 6) is -1.47. The first kappa shape index (κ1) is 19.9. The second-order valence-corrected chi connectivity index (χ2v) is 9.70. The number of hydrogen-bond donors (Lipinski definition) is 3. The summed E-state index contributed by atoms with van der Waals surface area (Å²) in [6.45, 7) is 4.78. The number of alkyl halides is 1. The van der Waals surface area contributed by atoms with Gasteiger partial charge in [0.25, 0.3) is 0 Å². The van der Waals surface area contributed by atoms with E-state index in [0.717, 1.165) is 5.57 Å². The van der Waals surface area contributed by atoms with Crippen molar-refractivity contribution in [2.45, 2.75) is 64.3 Å². The Morgan fingerprint density at radius 1 is 1.32 bits per heavy atom. The lowest BCUT2D eigenvalue weighted by atomic mass is 9.44. The number of rotatable bonds is 2. The maximum atomic E-state index is 15.3. The molecule has 0 spiro atoms. The van der Waals surface area contributed by atoms with Gasteiger partial charge in [-0.2, -0.15) is 0 Å². The molecule has 154 valence electrons. The van der Waals surface area contributed by atoms with E-state index >= 15 is 4.39 Å². The molecule has 4 aliphatic carbocycles.